The summed E-state index contributed by atoms with van der Waals surface area (Å²) in [6.07, 6.45) is 1.31. The molecule has 88 valence electrons. The van der Waals surface area contributed by atoms with Crippen molar-refractivity contribution < 1.29 is 5.11 Å². The summed E-state index contributed by atoms with van der Waals surface area (Å²) in [5.41, 5.74) is 0.945. The van der Waals surface area contributed by atoms with Gasteiger partial charge in [0.2, 0.25) is 0 Å². The molecule has 0 saturated carbocycles. The third-order valence-corrected chi connectivity index (χ3v) is 2.78. The van der Waals surface area contributed by atoms with E-state index in [4.69, 9.17) is 0 Å². The van der Waals surface area contributed by atoms with Gasteiger partial charge in [-0.25, -0.2) is 0 Å². The first kappa shape index (κ1) is 11.8. The molecule has 0 heterocycles. The van der Waals surface area contributed by atoms with Crippen molar-refractivity contribution in [2.75, 3.05) is 13.1 Å². The highest BCUT2D eigenvalue weighted by atomic mass is 16.3. The van der Waals surface area contributed by atoms with E-state index in [-0.39, 0.29) is 0 Å². The largest absolute Gasteiger partial charge is 0.387 e. The minimum Gasteiger partial charge on any atom is -0.387 e. The van der Waals surface area contributed by atoms with Crippen molar-refractivity contribution in [3.63, 3.8) is 0 Å². The Labute approximate surface area is 102 Å². The first-order valence-electron chi connectivity index (χ1n) is 5.79. The summed E-state index contributed by atoms with van der Waals surface area (Å²) >= 11 is 0. The molecule has 17 heavy (non-hydrogen) atoms. The summed E-state index contributed by atoms with van der Waals surface area (Å²) in [7, 11) is 0. The van der Waals surface area contributed by atoms with Crippen molar-refractivity contribution in [2.45, 2.75) is 6.10 Å². The van der Waals surface area contributed by atoms with Gasteiger partial charge in [-0.15, -0.1) is 6.58 Å². The van der Waals surface area contributed by atoms with Crippen molar-refractivity contribution in [3.05, 3.63) is 60.7 Å². The van der Waals surface area contributed by atoms with Crippen LogP contribution in [0.5, 0.6) is 0 Å². The molecule has 0 amide bonds. The average Bonchev–Trinajstić information content (AvgIpc) is 2.38. The van der Waals surface area contributed by atoms with E-state index in [2.05, 4.69) is 24.0 Å². The molecule has 0 radical (unpaired) electrons. The van der Waals surface area contributed by atoms with Crippen LogP contribution in [0.1, 0.15) is 11.7 Å². The van der Waals surface area contributed by atoms with Gasteiger partial charge in [-0.2, -0.15) is 0 Å². The van der Waals surface area contributed by atoms with Crippen molar-refractivity contribution in [2.24, 2.45) is 0 Å². The van der Waals surface area contributed by atoms with Crippen LogP contribution >= 0.6 is 0 Å². The maximum Gasteiger partial charge on any atom is 0.0914 e. The SMILES string of the molecule is C=CCNC[C@@H](O)c1ccc2ccccc2c1. The van der Waals surface area contributed by atoms with Gasteiger partial charge < -0.3 is 10.4 Å². The van der Waals surface area contributed by atoms with Gasteiger partial charge in [-0.1, -0.05) is 42.5 Å². The standard InChI is InChI=1S/C15H17NO/c1-2-9-16-11-15(17)14-8-7-12-5-3-4-6-13(12)10-14/h2-8,10,15-17H,1,9,11H2/t15-/m1/s1. The molecule has 0 aliphatic heterocycles. The number of hydrogen-bond acceptors (Lipinski definition) is 2. The van der Waals surface area contributed by atoms with Crippen LogP contribution in [0.15, 0.2) is 55.1 Å². The smallest absolute Gasteiger partial charge is 0.0914 e. The predicted molar refractivity (Wildman–Crippen MR) is 72.0 cm³/mol. The Morgan fingerprint density at radius 2 is 1.94 bits per heavy atom. The van der Waals surface area contributed by atoms with Crippen LogP contribution in [0.4, 0.5) is 0 Å². The Morgan fingerprint density at radius 3 is 2.71 bits per heavy atom. The van der Waals surface area contributed by atoms with Crippen LogP contribution in [-0.2, 0) is 0 Å². The minimum atomic E-state index is -0.473. The van der Waals surface area contributed by atoms with Crippen molar-refractivity contribution in [3.8, 4) is 0 Å². The second-order valence-electron chi connectivity index (χ2n) is 4.07. The molecule has 2 aromatic carbocycles. The third-order valence-electron chi connectivity index (χ3n) is 2.78. The number of aliphatic hydroxyl groups is 1. The van der Waals surface area contributed by atoms with Crippen molar-refractivity contribution >= 4 is 10.8 Å². The van der Waals surface area contributed by atoms with Crippen LogP contribution in [0.25, 0.3) is 10.8 Å². The molecule has 0 unspecified atom stereocenters. The van der Waals surface area contributed by atoms with Gasteiger partial charge >= 0.3 is 0 Å². The van der Waals surface area contributed by atoms with Crippen LogP contribution in [-0.4, -0.2) is 18.2 Å². The zero-order valence-corrected chi connectivity index (χ0v) is 9.76. The molecule has 2 aromatic rings. The highest BCUT2D eigenvalue weighted by Gasteiger charge is 2.06. The molecule has 2 N–H and O–H groups in total. The summed E-state index contributed by atoms with van der Waals surface area (Å²) in [5.74, 6) is 0. The highest BCUT2D eigenvalue weighted by Crippen LogP contribution is 2.19. The Balaban J connectivity index is 2.15. The maximum absolute atomic E-state index is 10.0. The van der Waals surface area contributed by atoms with Gasteiger partial charge in [0.25, 0.3) is 0 Å². The molecule has 0 aliphatic carbocycles. The molecular formula is C15H17NO. The molecule has 0 aliphatic rings. The lowest BCUT2D eigenvalue weighted by atomic mass is 10.0. The fourth-order valence-electron chi connectivity index (χ4n) is 1.86. The van der Waals surface area contributed by atoms with Crippen LogP contribution in [0, 0.1) is 0 Å². The molecule has 1 atom stereocenters. The van der Waals surface area contributed by atoms with E-state index >= 15 is 0 Å². The Bertz CT molecular complexity index is 507. The van der Waals surface area contributed by atoms with Crippen LogP contribution < -0.4 is 5.32 Å². The summed E-state index contributed by atoms with van der Waals surface area (Å²) in [4.78, 5) is 0. The zero-order valence-electron chi connectivity index (χ0n) is 9.76. The summed E-state index contributed by atoms with van der Waals surface area (Å²) in [6.45, 7) is 4.89. The molecule has 0 spiro atoms. The molecular weight excluding hydrogens is 210 g/mol. The van der Waals surface area contributed by atoms with Crippen molar-refractivity contribution in [1.29, 1.82) is 0 Å². The second-order valence-corrected chi connectivity index (χ2v) is 4.07. The van der Waals surface area contributed by atoms with E-state index in [1.54, 1.807) is 6.08 Å². The van der Waals surface area contributed by atoms with Gasteiger partial charge in [0.15, 0.2) is 0 Å². The first-order chi connectivity index (χ1) is 8.31. The lowest BCUT2D eigenvalue weighted by molar-refractivity contribution is 0.176. The molecule has 2 rings (SSSR count). The summed E-state index contributed by atoms with van der Waals surface area (Å²) in [6, 6.07) is 14.2. The number of nitrogens with one attached hydrogen (secondary N) is 1. The summed E-state index contributed by atoms with van der Waals surface area (Å²) < 4.78 is 0. The van der Waals surface area contributed by atoms with E-state index in [0.717, 1.165) is 10.9 Å². The normalized spacial score (nSPS) is 12.5. The Kier molecular flexibility index (Phi) is 3.91. The third kappa shape index (κ3) is 2.93. The van der Waals surface area contributed by atoms with Crippen molar-refractivity contribution in [1.82, 2.24) is 5.32 Å². The van der Waals surface area contributed by atoms with Gasteiger partial charge in [-0.3, -0.25) is 0 Å². The van der Waals surface area contributed by atoms with E-state index in [9.17, 15) is 5.11 Å². The summed E-state index contributed by atoms with van der Waals surface area (Å²) in [5, 5.41) is 15.5. The second kappa shape index (κ2) is 5.62. The van der Waals surface area contributed by atoms with Gasteiger partial charge in [0.1, 0.15) is 0 Å². The fraction of sp³-hybridized carbons (Fsp3) is 0.200. The Morgan fingerprint density at radius 1 is 1.18 bits per heavy atom. The number of benzene rings is 2. The average molecular weight is 227 g/mol. The lowest BCUT2D eigenvalue weighted by Gasteiger charge is -2.12. The number of aliphatic hydroxyl groups excluding tert-OH is 1. The number of fused-ring (bicyclic) bond motifs is 1. The highest BCUT2D eigenvalue weighted by molar-refractivity contribution is 5.83. The predicted octanol–water partition coefficient (Wildman–Crippen LogP) is 2.65. The molecule has 0 bridgehead atoms. The fourth-order valence-corrected chi connectivity index (χ4v) is 1.86. The van der Waals surface area contributed by atoms with E-state index in [1.165, 1.54) is 5.39 Å². The van der Waals surface area contributed by atoms with Gasteiger partial charge in [0.05, 0.1) is 6.10 Å². The molecule has 0 aromatic heterocycles. The lowest BCUT2D eigenvalue weighted by Crippen LogP contribution is -2.21. The molecule has 2 heteroatoms. The monoisotopic (exact) mass is 227 g/mol. The number of hydrogen-bond donors (Lipinski definition) is 2. The van der Waals surface area contributed by atoms with Gasteiger partial charge in [-0.05, 0) is 22.4 Å². The maximum atomic E-state index is 10.0. The topological polar surface area (TPSA) is 32.3 Å². The van der Waals surface area contributed by atoms with E-state index in [0.29, 0.717) is 13.1 Å². The van der Waals surface area contributed by atoms with Gasteiger partial charge in [0, 0.05) is 13.1 Å². The molecule has 0 saturated heterocycles. The number of rotatable bonds is 5. The molecule has 2 nitrogen and oxygen atoms in total. The quantitative estimate of drug-likeness (QED) is 0.608. The first-order valence-corrected chi connectivity index (χ1v) is 5.79. The van der Waals surface area contributed by atoms with Crippen LogP contribution in [0.3, 0.4) is 0 Å². The Hall–Kier alpha value is -1.64. The van der Waals surface area contributed by atoms with E-state index in [1.807, 2.05) is 30.3 Å². The zero-order chi connectivity index (χ0) is 12.1. The minimum absolute atomic E-state index is 0.473. The molecule has 0 fully saturated rings. The van der Waals surface area contributed by atoms with E-state index < -0.39 is 6.10 Å². The van der Waals surface area contributed by atoms with Crippen LogP contribution in [0.2, 0.25) is 0 Å².